The zero-order chi connectivity index (χ0) is 23.2. The van der Waals surface area contributed by atoms with Gasteiger partial charge in [0.05, 0.1) is 18.9 Å². The van der Waals surface area contributed by atoms with Crippen LogP contribution in [0.2, 0.25) is 0 Å². The monoisotopic (exact) mass is 447 g/mol. The highest BCUT2D eigenvalue weighted by molar-refractivity contribution is 6.08. The van der Waals surface area contributed by atoms with Crippen LogP contribution in [0.3, 0.4) is 0 Å². The van der Waals surface area contributed by atoms with E-state index in [9.17, 15) is 14.4 Å². The van der Waals surface area contributed by atoms with Crippen molar-refractivity contribution in [1.29, 1.82) is 0 Å². The Kier molecular flexibility index (Phi) is 6.83. The number of amides is 2. The molecule has 1 aliphatic carbocycles. The van der Waals surface area contributed by atoms with E-state index in [-0.39, 0.29) is 17.7 Å². The van der Waals surface area contributed by atoms with Crippen LogP contribution in [0.25, 0.3) is 0 Å². The maximum atomic E-state index is 13.6. The summed E-state index contributed by atoms with van der Waals surface area (Å²) in [6, 6.07) is 12.1. The van der Waals surface area contributed by atoms with Gasteiger partial charge in [-0.1, -0.05) is 18.9 Å². The highest BCUT2D eigenvalue weighted by atomic mass is 16.5. The molecular formula is C25H25N3O5. The molecule has 0 unspecified atom stereocenters. The van der Waals surface area contributed by atoms with Crippen molar-refractivity contribution in [3.8, 4) is 0 Å². The van der Waals surface area contributed by atoms with Crippen LogP contribution in [0.4, 0.5) is 5.69 Å². The van der Waals surface area contributed by atoms with Crippen LogP contribution in [-0.2, 0) is 9.53 Å². The van der Waals surface area contributed by atoms with Gasteiger partial charge in [-0.05, 0) is 55.3 Å². The molecule has 1 saturated carbocycles. The molecule has 1 atom stereocenters. The third kappa shape index (κ3) is 4.95. The summed E-state index contributed by atoms with van der Waals surface area (Å²) in [4.78, 5) is 44.6. The molecule has 0 bridgehead atoms. The van der Waals surface area contributed by atoms with Gasteiger partial charge < -0.3 is 14.5 Å². The summed E-state index contributed by atoms with van der Waals surface area (Å²) < 4.78 is 10.1. The highest BCUT2D eigenvalue weighted by Gasteiger charge is 2.36. The molecule has 170 valence electrons. The van der Waals surface area contributed by atoms with Gasteiger partial charge >= 0.3 is 5.97 Å². The fourth-order valence-corrected chi connectivity index (χ4v) is 4.08. The molecule has 1 fully saturated rings. The Morgan fingerprint density at radius 2 is 1.85 bits per heavy atom. The summed E-state index contributed by atoms with van der Waals surface area (Å²) in [6.45, 7) is 0. The number of anilines is 1. The smallest absolute Gasteiger partial charge is 0.337 e. The van der Waals surface area contributed by atoms with E-state index in [2.05, 4.69) is 10.3 Å². The first-order chi connectivity index (χ1) is 16.1. The van der Waals surface area contributed by atoms with Crippen molar-refractivity contribution in [3.05, 3.63) is 84.1 Å². The van der Waals surface area contributed by atoms with Crippen molar-refractivity contribution < 1.29 is 23.5 Å². The van der Waals surface area contributed by atoms with E-state index in [0.717, 1.165) is 25.7 Å². The predicted octanol–water partition coefficient (Wildman–Crippen LogP) is 3.91. The zero-order valence-corrected chi connectivity index (χ0v) is 18.3. The molecule has 4 rings (SSSR count). The number of hydrogen-bond donors (Lipinski definition) is 1. The minimum absolute atomic E-state index is 0.0685. The van der Waals surface area contributed by atoms with Crippen LogP contribution in [0.1, 0.15) is 58.2 Å². The van der Waals surface area contributed by atoms with Gasteiger partial charge in [0.25, 0.3) is 5.91 Å². The van der Waals surface area contributed by atoms with Crippen LogP contribution in [0.5, 0.6) is 0 Å². The zero-order valence-electron chi connectivity index (χ0n) is 18.3. The molecule has 2 aromatic heterocycles. The molecule has 3 aromatic rings. The second kappa shape index (κ2) is 10.1. The van der Waals surface area contributed by atoms with Crippen molar-refractivity contribution in [2.75, 3.05) is 12.0 Å². The second-order valence-corrected chi connectivity index (χ2v) is 7.87. The third-order valence-electron chi connectivity index (χ3n) is 5.73. The van der Waals surface area contributed by atoms with Gasteiger partial charge in [0.15, 0.2) is 5.76 Å². The number of nitrogens with one attached hydrogen (secondary N) is 1. The van der Waals surface area contributed by atoms with E-state index in [1.165, 1.54) is 18.3 Å². The van der Waals surface area contributed by atoms with Crippen LogP contribution in [0.15, 0.2) is 71.6 Å². The van der Waals surface area contributed by atoms with Gasteiger partial charge in [-0.2, -0.15) is 0 Å². The normalized spacial score (nSPS) is 14.5. The number of hydrogen-bond acceptors (Lipinski definition) is 6. The summed E-state index contributed by atoms with van der Waals surface area (Å²) in [5.74, 6) is -1.18. The quantitative estimate of drug-likeness (QED) is 0.551. The van der Waals surface area contributed by atoms with Gasteiger partial charge in [-0.3, -0.25) is 19.5 Å². The van der Waals surface area contributed by atoms with Gasteiger partial charge in [0.1, 0.15) is 6.04 Å². The maximum Gasteiger partial charge on any atom is 0.337 e. The lowest BCUT2D eigenvalue weighted by molar-refractivity contribution is -0.123. The second-order valence-electron chi connectivity index (χ2n) is 7.87. The molecule has 2 amide bonds. The molecule has 0 aliphatic heterocycles. The van der Waals surface area contributed by atoms with Gasteiger partial charge in [-0.25, -0.2) is 4.79 Å². The van der Waals surface area contributed by atoms with Crippen molar-refractivity contribution in [1.82, 2.24) is 10.3 Å². The summed E-state index contributed by atoms with van der Waals surface area (Å²) >= 11 is 0. The average Bonchev–Trinajstić information content (AvgIpc) is 3.57. The molecule has 8 nitrogen and oxygen atoms in total. The van der Waals surface area contributed by atoms with Crippen molar-refractivity contribution in [2.24, 2.45) is 0 Å². The number of esters is 1. The molecule has 0 radical (unpaired) electrons. The number of furan rings is 1. The van der Waals surface area contributed by atoms with E-state index in [4.69, 9.17) is 9.15 Å². The third-order valence-corrected chi connectivity index (χ3v) is 5.73. The van der Waals surface area contributed by atoms with E-state index >= 15 is 0 Å². The minimum atomic E-state index is -0.985. The van der Waals surface area contributed by atoms with E-state index in [0.29, 0.717) is 16.8 Å². The van der Waals surface area contributed by atoms with Gasteiger partial charge in [0.2, 0.25) is 5.91 Å². The summed E-state index contributed by atoms with van der Waals surface area (Å²) in [5.41, 5.74) is 1.32. The number of ether oxygens (including phenoxy) is 1. The SMILES string of the molecule is COC(=O)c1ccc(N(C(=O)c2ccco2)[C@@H](C(=O)NC2CCCC2)c2cccnc2)cc1. The first-order valence-electron chi connectivity index (χ1n) is 10.8. The van der Waals surface area contributed by atoms with E-state index in [1.807, 2.05) is 0 Å². The lowest BCUT2D eigenvalue weighted by atomic mass is 10.0. The summed E-state index contributed by atoms with van der Waals surface area (Å²) in [5, 5.41) is 3.10. The van der Waals surface area contributed by atoms with Crippen molar-refractivity contribution >= 4 is 23.5 Å². The molecule has 1 N–H and O–H groups in total. The number of carbonyl (C=O) groups excluding carboxylic acids is 3. The van der Waals surface area contributed by atoms with Crippen molar-refractivity contribution in [3.63, 3.8) is 0 Å². The summed E-state index contributed by atoms with van der Waals surface area (Å²) in [6.07, 6.45) is 8.53. The molecule has 0 saturated heterocycles. The topological polar surface area (TPSA) is 102 Å². The minimum Gasteiger partial charge on any atom is -0.465 e. The maximum absolute atomic E-state index is 13.6. The first-order valence-corrected chi connectivity index (χ1v) is 10.8. The van der Waals surface area contributed by atoms with Gasteiger partial charge in [0, 0.05) is 29.7 Å². The number of carbonyl (C=O) groups is 3. The molecule has 1 aliphatic rings. The average molecular weight is 447 g/mol. The van der Waals surface area contributed by atoms with Crippen LogP contribution < -0.4 is 10.2 Å². The highest BCUT2D eigenvalue weighted by Crippen LogP contribution is 2.31. The fraction of sp³-hybridized carbons (Fsp3) is 0.280. The number of benzene rings is 1. The number of rotatable bonds is 7. The molecule has 2 heterocycles. The molecule has 33 heavy (non-hydrogen) atoms. The van der Waals surface area contributed by atoms with Crippen LogP contribution in [0, 0.1) is 0 Å². The lowest BCUT2D eigenvalue weighted by Crippen LogP contribution is -2.46. The molecule has 1 aromatic carbocycles. The van der Waals surface area contributed by atoms with Gasteiger partial charge in [-0.15, -0.1) is 0 Å². The Morgan fingerprint density at radius 3 is 2.45 bits per heavy atom. The molecule has 8 heteroatoms. The van der Waals surface area contributed by atoms with E-state index < -0.39 is 17.9 Å². The Balaban J connectivity index is 1.78. The Morgan fingerprint density at radius 1 is 1.09 bits per heavy atom. The Bertz CT molecular complexity index is 1090. The summed E-state index contributed by atoms with van der Waals surface area (Å²) in [7, 11) is 1.30. The Hall–Kier alpha value is -3.94. The Labute approximate surface area is 191 Å². The molecule has 0 spiro atoms. The fourth-order valence-electron chi connectivity index (χ4n) is 4.08. The van der Waals surface area contributed by atoms with Crippen LogP contribution in [-0.4, -0.2) is 35.9 Å². The predicted molar refractivity (Wildman–Crippen MR) is 121 cm³/mol. The van der Waals surface area contributed by atoms with E-state index in [1.54, 1.807) is 60.9 Å². The number of pyridine rings is 1. The molecular weight excluding hydrogens is 422 g/mol. The number of aromatic nitrogens is 1. The van der Waals surface area contributed by atoms with Crippen LogP contribution >= 0.6 is 0 Å². The number of nitrogens with zero attached hydrogens (tertiary/aromatic N) is 2. The van der Waals surface area contributed by atoms with Crippen molar-refractivity contribution in [2.45, 2.75) is 37.8 Å². The number of methoxy groups -OCH3 is 1. The largest absolute Gasteiger partial charge is 0.465 e. The standard InChI is InChI=1S/C25H25N3O5/c1-32-25(31)17-10-12-20(13-11-17)28(24(30)21-9-5-15-33-21)22(18-6-4-14-26-16-18)23(29)27-19-7-2-3-8-19/h4-6,9-16,19,22H,2-3,7-8H2,1H3,(H,27,29)/t22-/m1/s1. The first kappa shape index (κ1) is 22.3. The lowest BCUT2D eigenvalue weighted by Gasteiger charge is -2.31.